The predicted molar refractivity (Wildman–Crippen MR) is 64.2 cm³/mol. The van der Waals surface area contributed by atoms with Crippen LogP contribution >= 0.6 is 9.90 Å². The number of tetrazole rings is 1. The second kappa shape index (κ2) is 5.34. The third kappa shape index (κ3) is 2.76. The van der Waals surface area contributed by atoms with E-state index in [0.717, 1.165) is 19.4 Å². The second-order valence-electron chi connectivity index (χ2n) is 3.92. The molecule has 16 heavy (non-hydrogen) atoms. The number of aromatic nitrogens is 4. The van der Waals surface area contributed by atoms with Crippen LogP contribution in [-0.4, -0.2) is 44.1 Å². The maximum Gasteiger partial charge on any atom is 0.219 e. The van der Waals surface area contributed by atoms with Crippen molar-refractivity contribution in [1.82, 2.24) is 25.1 Å². The highest BCUT2D eigenvalue weighted by Gasteiger charge is 2.24. The average molecular weight is 243 g/mol. The first-order valence-corrected chi connectivity index (χ1v) is 5.18. The van der Waals surface area contributed by atoms with Crippen LogP contribution < -0.4 is 0 Å². The van der Waals surface area contributed by atoms with Gasteiger partial charge in [0.25, 0.3) is 0 Å². The fourth-order valence-corrected chi connectivity index (χ4v) is 1.88. The van der Waals surface area contributed by atoms with Crippen molar-refractivity contribution in [3.63, 3.8) is 0 Å². The molecule has 1 aliphatic heterocycles. The summed E-state index contributed by atoms with van der Waals surface area (Å²) in [6.07, 6.45) is 2.02. The maximum absolute atomic E-state index is 11.2. The van der Waals surface area contributed by atoms with Crippen LogP contribution in [-0.2, 0) is 4.79 Å². The molecule has 0 bridgehead atoms. The molecule has 0 saturated carbocycles. The van der Waals surface area contributed by atoms with E-state index in [-0.39, 0.29) is 21.8 Å². The van der Waals surface area contributed by atoms with Crippen LogP contribution in [0.25, 0.3) is 0 Å². The molecule has 2 atom stereocenters. The Morgan fingerprint density at radius 2 is 2.25 bits per heavy atom. The molecular weight excluding hydrogens is 225 g/mol. The van der Waals surface area contributed by atoms with Gasteiger partial charge < -0.3 is 4.90 Å². The summed E-state index contributed by atoms with van der Waals surface area (Å²) in [5.41, 5.74) is 0. The summed E-state index contributed by atoms with van der Waals surface area (Å²) in [6.45, 7) is 4.96. The lowest BCUT2D eigenvalue weighted by Gasteiger charge is -2.30. The lowest BCUT2D eigenvalue weighted by molar-refractivity contribution is -0.130. The third-order valence-corrected chi connectivity index (χ3v) is 2.70. The Kier molecular flexibility index (Phi) is 4.35. The van der Waals surface area contributed by atoms with Gasteiger partial charge in [0.2, 0.25) is 5.91 Å². The van der Waals surface area contributed by atoms with E-state index in [9.17, 15) is 4.79 Å². The van der Waals surface area contributed by atoms with Crippen LogP contribution in [0.15, 0.2) is 0 Å². The van der Waals surface area contributed by atoms with Crippen molar-refractivity contribution in [3.8, 4) is 0 Å². The van der Waals surface area contributed by atoms with E-state index in [0.29, 0.717) is 12.4 Å². The van der Waals surface area contributed by atoms with Crippen LogP contribution in [0.5, 0.6) is 0 Å². The molecular formula is C9H18N5OP. The van der Waals surface area contributed by atoms with Crippen LogP contribution in [0, 0.1) is 6.92 Å². The Bertz CT molecular complexity index is 367. The van der Waals surface area contributed by atoms with E-state index in [4.69, 9.17) is 0 Å². The number of amides is 1. The molecule has 1 fully saturated rings. The molecule has 6 nitrogen and oxygen atoms in total. The quantitative estimate of drug-likeness (QED) is 0.662. The minimum Gasteiger partial charge on any atom is -0.341 e. The number of nitrogens with zero attached hydrogens (tertiary/aromatic N) is 5. The van der Waals surface area contributed by atoms with Crippen molar-refractivity contribution in [2.45, 2.75) is 32.7 Å². The summed E-state index contributed by atoms with van der Waals surface area (Å²) in [4.78, 5) is 14.7. The summed E-state index contributed by atoms with van der Waals surface area (Å²) >= 11 is 0. The molecule has 90 valence electrons. The molecule has 2 rings (SSSR count). The molecule has 2 unspecified atom stereocenters. The number of rotatable bonds is 1. The smallest absolute Gasteiger partial charge is 0.219 e. The Labute approximate surface area is 98.0 Å². The van der Waals surface area contributed by atoms with Gasteiger partial charge in [-0.25, -0.2) is 0 Å². The Morgan fingerprint density at radius 3 is 2.81 bits per heavy atom. The monoisotopic (exact) mass is 243 g/mol. The highest BCUT2D eigenvalue weighted by molar-refractivity contribution is 6.92. The van der Waals surface area contributed by atoms with E-state index in [1.165, 1.54) is 0 Å². The SMILES string of the molecule is CC(=O)N1CCCC(n2nnc(C)n2)C1.P. The van der Waals surface area contributed by atoms with Gasteiger partial charge in [0, 0.05) is 20.0 Å². The third-order valence-electron chi connectivity index (χ3n) is 2.70. The number of hydrogen-bond donors (Lipinski definition) is 0. The fraction of sp³-hybridized carbons (Fsp3) is 0.778. The minimum absolute atomic E-state index is 0. The summed E-state index contributed by atoms with van der Waals surface area (Å²) in [6, 6.07) is 0.184. The van der Waals surface area contributed by atoms with Gasteiger partial charge in [-0.15, -0.1) is 10.2 Å². The van der Waals surface area contributed by atoms with E-state index in [2.05, 4.69) is 15.4 Å². The molecule has 1 aliphatic rings. The molecule has 0 aliphatic carbocycles. The van der Waals surface area contributed by atoms with Crippen LogP contribution in [0.2, 0.25) is 0 Å². The van der Waals surface area contributed by atoms with Gasteiger partial charge >= 0.3 is 0 Å². The normalized spacial score (nSPS) is 20.4. The lowest BCUT2D eigenvalue weighted by atomic mass is 10.1. The van der Waals surface area contributed by atoms with E-state index in [1.807, 2.05) is 11.8 Å². The molecule has 1 saturated heterocycles. The number of carbonyl (C=O) groups is 1. The molecule has 7 heteroatoms. The Hall–Kier alpha value is -1.03. The number of hydrogen-bond acceptors (Lipinski definition) is 4. The molecule has 0 N–H and O–H groups in total. The van der Waals surface area contributed by atoms with Gasteiger partial charge in [-0.3, -0.25) is 4.79 Å². The van der Waals surface area contributed by atoms with Crippen LogP contribution in [0.3, 0.4) is 0 Å². The highest BCUT2D eigenvalue weighted by atomic mass is 31.0. The van der Waals surface area contributed by atoms with Gasteiger partial charge in [0.05, 0.1) is 6.04 Å². The zero-order chi connectivity index (χ0) is 10.8. The maximum atomic E-state index is 11.2. The first kappa shape index (κ1) is 13.0. The number of likely N-dealkylation sites (tertiary alicyclic amines) is 1. The molecule has 1 aromatic rings. The van der Waals surface area contributed by atoms with Crippen molar-refractivity contribution in [1.29, 1.82) is 0 Å². The van der Waals surface area contributed by atoms with Gasteiger partial charge in [0.1, 0.15) is 0 Å². The van der Waals surface area contributed by atoms with Crippen molar-refractivity contribution < 1.29 is 4.79 Å². The van der Waals surface area contributed by atoms with Gasteiger partial charge in [-0.05, 0) is 25.0 Å². The largest absolute Gasteiger partial charge is 0.341 e. The van der Waals surface area contributed by atoms with Crippen molar-refractivity contribution in [2.75, 3.05) is 13.1 Å². The van der Waals surface area contributed by atoms with Gasteiger partial charge in [-0.1, -0.05) is 0 Å². The molecule has 2 heterocycles. The van der Waals surface area contributed by atoms with Crippen molar-refractivity contribution >= 4 is 15.8 Å². The minimum atomic E-state index is 0. The fourth-order valence-electron chi connectivity index (χ4n) is 1.88. The number of aryl methyl sites for hydroxylation is 1. The standard InChI is InChI=1S/C9H15N5O.H3P/c1-7-10-12-14(11-7)9-4-3-5-13(6-9)8(2)15;/h9H,3-6H2,1-2H3;1H3. The zero-order valence-corrected chi connectivity index (χ0v) is 11.2. The number of piperidine rings is 1. The van der Waals surface area contributed by atoms with E-state index >= 15 is 0 Å². The van der Waals surface area contributed by atoms with E-state index < -0.39 is 0 Å². The van der Waals surface area contributed by atoms with Gasteiger partial charge in [0.15, 0.2) is 5.82 Å². The van der Waals surface area contributed by atoms with Gasteiger partial charge in [-0.2, -0.15) is 14.7 Å². The second-order valence-corrected chi connectivity index (χ2v) is 3.92. The van der Waals surface area contributed by atoms with E-state index in [1.54, 1.807) is 11.7 Å². The van der Waals surface area contributed by atoms with Crippen molar-refractivity contribution in [2.24, 2.45) is 0 Å². The summed E-state index contributed by atoms with van der Waals surface area (Å²) in [7, 11) is 0. The summed E-state index contributed by atoms with van der Waals surface area (Å²) in [5, 5.41) is 12.0. The first-order chi connectivity index (χ1) is 7.16. The molecule has 0 spiro atoms. The number of carbonyl (C=O) groups excluding carboxylic acids is 1. The highest BCUT2D eigenvalue weighted by Crippen LogP contribution is 2.19. The molecule has 1 amide bonds. The zero-order valence-electron chi connectivity index (χ0n) is 9.76. The summed E-state index contributed by atoms with van der Waals surface area (Å²) < 4.78 is 0. The van der Waals surface area contributed by atoms with Crippen LogP contribution in [0.4, 0.5) is 0 Å². The molecule has 0 radical (unpaired) electrons. The van der Waals surface area contributed by atoms with Crippen molar-refractivity contribution in [3.05, 3.63) is 5.82 Å². The average Bonchev–Trinajstić information content (AvgIpc) is 2.65. The molecule has 0 aromatic carbocycles. The lowest BCUT2D eigenvalue weighted by Crippen LogP contribution is -2.40. The summed E-state index contributed by atoms with van der Waals surface area (Å²) in [5.74, 6) is 0.798. The Morgan fingerprint density at radius 1 is 1.50 bits per heavy atom. The molecule has 1 aromatic heterocycles. The van der Waals surface area contributed by atoms with Crippen LogP contribution in [0.1, 0.15) is 31.6 Å². The first-order valence-electron chi connectivity index (χ1n) is 5.18. The Balaban J connectivity index is 0.00000128. The topological polar surface area (TPSA) is 63.9 Å². The predicted octanol–water partition coefficient (Wildman–Crippen LogP) is 0.223.